The molecule has 2 aromatic carbocycles. The summed E-state index contributed by atoms with van der Waals surface area (Å²) >= 11 is 3.44. The summed E-state index contributed by atoms with van der Waals surface area (Å²) in [5.74, 6) is 0. The normalized spacial score (nSPS) is 10.3. The van der Waals surface area contributed by atoms with Gasteiger partial charge in [0.2, 0.25) is 0 Å². The van der Waals surface area contributed by atoms with Gasteiger partial charge in [0.1, 0.15) is 0 Å². The summed E-state index contributed by atoms with van der Waals surface area (Å²) in [4.78, 5) is 11.6. The molecule has 2 amide bonds. The molecule has 0 aliphatic heterocycles. The number of halogens is 1. The van der Waals surface area contributed by atoms with E-state index in [1.54, 1.807) is 0 Å². The molecule has 0 aliphatic rings. The molecule has 0 spiro atoms. The van der Waals surface area contributed by atoms with Crippen molar-refractivity contribution in [1.29, 1.82) is 0 Å². The Kier molecular flexibility index (Phi) is 5.22. The minimum atomic E-state index is -0.197. The zero-order valence-electron chi connectivity index (χ0n) is 12.0. The molecule has 0 atom stereocenters. The van der Waals surface area contributed by atoms with Crippen LogP contribution in [0.1, 0.15) is 13.8 Å². The van der Waals surface area contributed by atoms with E-state index in [2.05, 4.69) is 31.9 Å². The second-order valence-electron chi connectivity index (χ2n) is 4.97. The zero-order chi connectivity index (χ0) is 15.2. The molecule has 21 heavy (non-hydrogen) atoms. The van der Waals surface area contributed by atoms with Crippen LogP contribution in [0.5, 0.6) is 0 Å². The minimum absolute atomic E-state index is 0.113. The number of carbonyl (C=O) groups is 1. The molecule has 2 rings (SSSR count). The highest BCUT2D eigenvalue weighted by Gasteiger charge is 2.03. The first-order valence-corrected chi connectivity index (χ1v) is 7.52. The van der Waals surface area contributed by atoms with Crippen molar-refractivity contribution >= 4 is 39.0 Å². The van der Waals surface area contributed by atoms with Crippen molar-refractivity contribution in [3.63, 3.8) is 0 Å². The van der Waals surface area contributed by atoms with E-state index in [0.717, 1.165) is 21.5 Å². The molecule has 0 saturated carbocycles. The van der Waals surface area contributed by atoms with Crippen molar-refractivity contribution in [2.75, 3.05) is 10.6 Å². The SMILES string of the molecule is CC(C)NC(=O)Nc1ccc(Nc2cccc(Br)c2)cc1. The van der Waals surface area contributed by atoms with Gasteiger partial charge in [-0.15, -0.1) is 0 Å². The molecule has 110 valence electrons. The second-order valence-corrected chi connectivity index (χ2v) is 5.88. The molecular weight excluding hydrogens is 330 g/mol. The van der Waals surface area contributed by atoms with Crippen LogP contribution < -0.4 is 16.0 Å². The quantitative estimate of drug-likeness (QED) is 0.749. The zero-order valence-corrected chi connectivity index (χ0v) is 13.6. The average molecular weight is 348 g/mol. The minimum Gasteiger partial charge on any atom is -0.355 e. The highest BCUT2D eigenvalue weighted by atomic mass is 79.9. The van der Waals surface area contributed by atoms with Gasteiger partial charge in [0, 0.05) is 27.6 Å². The number of carbonyl (C=O) groups excluding carboxylic acids is 1. The van der Waals surface area contributed by atoms with Gasteiger partial charge in [0.05, 0.1) is 0 Å². The third-order valence-electron chi connectivity index (χ3n) is 2.68. The number of rotatable bonds is 4. The maximum Gasteiger partial charge on any atom is 0.319 e. The fourth-order valence-corrected chi connectivity index (χ4v) is 2.20. The molecule has 0 bridgehead atoms. The predicted molar refractivity (Wildman–Crippen MR) is 91.2 cm³/mol. The van der Waals surface area contributed by atoms with E-state index in [1.807, 2.05) is 62.4 Å². The van der Waals surface area contributed by atoms with E-state index in [9.17, 15) is 4.79 Å². The molecule has 0 saturated heterocycles. The number of hydrogen-bond acceptors (Lipinski definition) is 2. The second kappa shape index (κ2) is 7.13. The van der Waals surface area contributed by atoms with E-state index in [-0.39, 0.29) is 12.1 Å². The molecule has 5 heteroatoms. The summed E-state index contributed by atoms with van der Waals surface area (Å²) in [6.07, 6.45) is 0. The van der Waals surface area contributed by atoms with Crippen LogP contribution >= 0.6 is 15.9 Å². The predicted octanol–water partition coefficient (Wildman–Crippen LogP) is 4.72. The van der Waals surface area contributed by atoms with E-state index in [4.69, 9.17) is 0 Å². The van der Waals surface area contributed by atoms with Crippen molar-refractivity contribution in [2.45, 2.75) is 19.9 Å². The molecule has 0 unspecified atom stereocenters. The lowest BCUT2D eigenvalue weighted by Crippen LogP contribution is -2.34. The standard InChI is InChI=1S/C16H18BrN3O/c1-11(2)18-16(21)20-14-8-6-13(7-9-14)19-15-5-3-4-12(17)10-15/h3-11,19H,1-2H3,(H2,18,20,21). The van der Waals surface area contributed by atoms with E-state index >= 15 is 0 Å². The van der Waals surface area contributed by atoms with E-state index in [0.29, 0.717) is 0 Å². The number of anilines is 3. The van der Waals surface area contributed by atoms with Gasteiger partial charge in [-0.25, -0.2) is 4.79 Å². The van der Waals surface area contributed by atoms with Crippen LogP contribution in [0.15, 0.2) is 53.0 Å². The van der Waals surface area contributed by atoms with Crippen molar-refractivity contribution in [1.82, 2.24) is 5.32 Å². The van der Waals surface area contributed by atoms with Gasteiger partial charge in [0.15, 0.2) is 0 Å². The maximum atomic E-state index is 11.6. The molecule has 2 aromatic rings. The van der Waals surface area contributed by atoms with Gasteiger partial charge < -0.3 is 16.0 Å². The fourth-order valence-electron chi connectivity index (χ4n) is 1.80. The Morgan fingerprint density at radius 1 is 1.00 bits per heavy atom. The van der Waals surface area contributed by atoms with Crippen molar-refractivity contribution in [3.05, 3.63) is 53.0 Å². The van der Waals surface area contributed by atoms with Gasteiger partial charge in [-0.2, -0.15) is 0 Å². The molecule has 0 aromatic heterocycles. The Morgan fingerprint density at radius 3 is 2.29 bits per heavy atom. The summed E-state index contributed by atoms with van der Waals surface area (Å²) in [6.45, 7) is 3.84. The molecule has 0 heterocycles. The van der Waals surface area contributed by atoms with Gasteiger partial charge in [0.25, 0.3) is 0 Å². The summed E-state index contributed by atoms with van der Waals surface area (Å²) in [6, 6.07) is 15.4. The topological polar surface area (TPSA) is 53.2 Å². The largest absolute Gasteiger partial charge is 0.355 e. The highest BCUT2D eigenvalue weighted by Crippen LogP contribution is 2.21. The Labute approximate surface area is 133 Å². The molecule has 3 N–H and O–H groups in total. The number of nitrogens with one attached hydrogen (secondary N) is 3. The number of benzene rings is 2. The molecular formula is C16H18BrN3O. The Balaban J connectivity index is 1.97. The van der Waals surface area contributed by atoms with Crippen LogP contribution in [0.4, 0.5) is 21.9 Å². The molecule has 0 radical (unpaired) electrons. The smallest absolute Gasteiger partial charge is 0.319 e. The van der Waals surface area contributed by atoms with Crippen LogP contribution in [0, 0.1) is 0 Å². The number of hydrogen-bond donors (Lipinski definition) is 3. The maximum absolute atomic E-state index is 11.6. The third-order valence-corrected chi connectivity index (χ3v) is 3.17. The summed E-state index contributed by atoms with van der Waals surface area (Å²) < 4.78 is 1.02. The number of urea groups is 1. The van der Waals surface area contributed by atoms with Gasteiger partial charge in [-0.3, -0.25) is 0 Å². The summed E-state index contributed by atoms with van der Waals surface area (Å²) in [7, 11) is 0. The third kappa shape index (κ3) is 5.11. The summed E-state index contributed by atoms with van der Waals surface area (Å²) in [5.41, 5.74) is 2.72. The Bertz CT molecular complexity index is 611. The summed E-state index contributed by atoms with van der Waals surface area (Å²) in [5, 5.41) is 8.87. The number of amides is 2. The lowest BCUT2D eigenvalue weighted by molar-refractivity contribution is 0.250. The van der Waals surface area contributed by atoms with Crippen LogP contribution in [0.2, 0.25) is 0 Å². The lowest BCUT2D eigenvalue weighted by atomic mass is 10.2. The van der Waals surface area contributed by atoms with E-state index in [1.165, 1.54) is 0 Å². The molecule has 0 fully saturated rings. The molecule has 0 aliphatic carbocycles. The fraction of sp³-hybridized carbons (Fsp3) is 0.188. The van der Waals surface area contributed by atoms with Gasteiger partial charge >= 0.3 is 6.03 Å². The first-order chi connectivity index (χ1) is 10.0. The van der Waals surface area contributed by atoms with Crippen LogP contribution in [-0.4, -0.2) is 12.1 Å². The van der Waals surface area contributed by atoms with E-state index < -0.39 is 0 Å². The monoisotopic (exact) mass is 347 g/mol. The molecule has 4 nitrogen and oxygen atoms in total. The van der Waals surface area contributed by atoms with Crippen molar-refractivity contribution in [2.24, 2.45) is 0 Å². The van der Waals surface area contributed by atoms with Crippen molar-refractivity contribution < 1.29 is 4.79 Å². The van der Waals surface area contributed by atoms with Crippen molar-refractivity contribution in [3.8, 4) is 0 Å². The Hall–Kier alpha value is -2.01. The van der Waals surface area contributed by atoms with Gasteiger partial charge in [-0.05, 0) is 56.3 Å². The lowest BCUT2D eigenvalue weighted by Gasteiger charge is -2.11. The van der Waals surface area contributed by atoms with Gasteiger partial charge in [-0.1, -0.05) is 22.0 Å². The van der Waals surface area contributed by atoms with Crippen LogP contribution in [0.3, 0.4) is 0 Å². The first-order valence-electron chi connectivity index (χ1n) is 6.73. The highest BCUT2D eigenvalue weighted by molar-refractivity contribution is 9.10. The average Bonchev–Trinajstić information content (AvgIpc) is 2.40. The van der Waals surface area contributed by atoms with Crippen LogP contribution in [-0.2, 0) is 0 Å². The first kappa shape index (κ1) is 15.4. The Morgan fingerprint density at radius 2 is 1.67 bits per heavy atom. The van der Waals surface area contributed by atoms with Crippen LogP contribution in [0.25, 0.3) is 0 Å².